The predicted octanol–water partition coefficient (Wildman–Crippen LogP) is 3.15. The van der Waals surface area contributed by atoms with Crippen molar-refractivity contribution in [3.05, 3.63) is 61.0 Å². The van der Waals surface area contributed by atoms with E-state index in [9.17, 15) is 0 Å². The molecule has 60 valence electrons. The van der Waals surface area contributed by atoms with E-state index >= 15 is 0 Å². The summed E-state index contributed by atoms with van der Waals surface area (Å²) in [6, 6.07) is 0. The molecule has 0 aliphatic carbocycles. The summed E-state index contributed by atoms with van der Waals surface area (Å²) in [6.07, 6.45) is 18.5. The summed E-state index contributed by atoms with van der Waals surface area (Å²) in [5.74, 6) is 0. The number of azo groups is 1. The maximum absolute atomic E-state index is 3.75. The zero-order valence-electron chi connectivity index (χ0n) is 6.67. The average Bonchev–Trinajstić information content (AvgIpc) is 2.05. The Labute approximate surface area is 72.0 Å². The fourth-order valence-corrected chi connectivity index (χ4v) is 0.638. The van der Waals surface area contributed by atoms with Gasteiger partial charge in [-0.05, 0) is 12.2 Å². The fraction of sp³-hybridized carbons (Fsp3) is 0. The third-order valence-electron chi connectivity index (χ3n) is 1.15. The van der Waals surface area contributed by atoms with Crippen molar-refractivity contribution in [1.29, 1.82) is 0 Å². The molecule has 0 fully saturated rings. The van der Waals surface area contributed by atoms with Crippen LogP contribution < -0.4 is 0 Å². The Morgan fingerprint density at radius 3 is 1.17 bits per heavy atom. The molecule has 0 amide bonds. The summed E-state index contributed by atoms with van der Waals surface area (Å²) in [4.78, 5) is 0. The van der Waals surface area contributed by atoms with E-state index in [1.165, 1.54) is 0 Å². The van der Waals surface area contributed by atoms with Crippen LogP contribution in [0.1, 0.15) is 0 Å². The molecule has 0 aromatic carbocycles. The topological polar surface area (TPSA) is 24.7 Å². The number of rotatable bonds is 0. The minimum absolute atomic E-state index is 1.64. The zero-order valence-corrected chi connectivity index (χ0v) is 6.67. The van der Waals surface area contributed by atoms with Crippen molar-refractivity contribution in [3.63, 3.8) is 0 Å². The van der Waals surface area contributed by atoms with Crippen molar-refractivity contribution in [3.8, 4) is 0 Å². The van der Waals surface area contributed by atoms with E-state index in [1.54, 1.807) is 12.4 Å². The Hall–Kier alpha value is -1.70. The largest absolute Gasteiger partial charge is 0.159 e. The van der Waals surface area contributed by atoms with Gasteiger partial charge in [-0.25, -0.2) is 0 Å². The van der Waals surface area contributed by atoms with E-state index in [0.717, 1.165) is 0 Å². The Kier molecular flexibility index (Phi) is 4.23. The van der Waals surface area contributed by atoms with Crippen molar-refractivity contribution >= 4 is 0 Å². The summed E-state index contributed by atoms with van der Waals surface area (Å²) in [5.41, 5.74) is 0. The zero-order chi connectivity index (χ0) is 8.49. The normalized spacial score (nSPS) is 26.7. The molecule has 0 atom stereocenters. The Balaban J connectivity index is 2.67. The molecule has 0 N–H and O–H groups in total. The van der Waals surface area contributed by atoms with Crippen LogP contribution in [0.5, 0.6) is 0 Å². The van der Waals surface area contributed by atoms with Crippen LogP contribution in [0.2, 0.25) is 0 Å². The maximum atomic E-state index is 3.75. The first-order chi connectivity index (χ1) is 6.00. The highest BCUT2D eigenvalue weighted by Gasteiger charge is 1.66. The van der Waals surface area contributed by atoms with Gasteiger partial charge >= 0.3 is 0 Å². The minimum atomic E-state index is 1.64. The molecule has 0 saturated heterocycles. The molecule has 12 heavy (non-hydrogen) atoms. The maximum Gasteiger partial charge on any atom is 0.0495 e. The van der Waals surface area contributed by atoms with Gasteiger partial charge in [0.1, 0.15) is 0 Å². The second kappa shape index (κ2) is 6.04. The molecular formula is C10H10N2. The second-order valence-electron chi connectivity index (χ2n) is 2.07. The Morgan fingerprint density at radius 1 is 0.417 bits per heavy atom. The number of hydrogen-bond donors (Lipinski definition) is 0. The Morgan fingerprint density at radius 2 is 0.750 bits per heavy atom. The fourth-order valence-electron chi connectivity index (χ4n) is 0.638. The molecule has 0 saturated carbocycles. The van der Waals surface area contributed by atoms with Crippen molar-refractivity contribution < 1.29 is 0 Å². The molecule has 0 radical (unpaired) electrons. The highest BCUT2D eigenvalue weighted by atomic mass is 15.1. The van der Waals surface area contributed by atoms with Crippen LogP contribution in [0.25, 0.3) is 0 Å². The van der Waals surface area contributed by atoms with Crippen molar-refractivity contribution in [1.82, 2.24) is 0 Å². The lowest BCUT2D eigenvalue weighted by Crippen LogP contribution is -1.55. The van der Waals surface area contributed by atoms with E-state index in [1.807, 2.05) is 48.6 Å². The lowest BCUT2D eigenvalue weighted by atomic mass is 10.4. The smallest absolute Gasteiger partial charge is 0.0495 e. The van der Waals surface area contributed by atoms with Gasteiger partial charge < -0.3 is 0 Å². The first-order valence-corrected chi connectivity index (χ1v) is 3.72. The van der Waals surface area contributed by atoms with Gasteiger partial charge in [-0.2, -0.15) is 10.2 Å². The first-order valence-electron chi connectivity index (χ1n) is 3.72. The second-order valence-corrected chi connectivity index (χ2v) is 2.07. The summed E-state index contributed by atoms with van der Waals surface area (Å²) in [6.45, 7) is 0. The molecular weight excluding hydrogens is 148 g/mol. The first kappa shape index (κ1) is 8.40. The van der Waals surface area contributed by atoms with Crippen LogP contribution in [0.15, 0.2) is 71.2 Å². The minimum Gasteiger partial charge on any atom is -0.159 e. The SMILES string of the molecule is C1=C\C=C/N=N/C=C/C=C/C=C1. The van der Waals surface area contributed by atoms with Crippen LogP contribution in [0, 0.1) is 0 Å². The highest BCUT2D eigenvalue weighted by Crippen LogP contribution is 1.88. The summed E-state index contributed by atoms with van der Waals surface area (Å²) in [7, 11) is 0. The monoisotopic (exact) mass is 158 g/mol. The molecule has 0 aromatic rings. The van der Waals surface area contributed by atoms with Gasteiger partial charge in [-0.15, -0.1) is 0 Å². The lowest BCUT2D eigenvalue weighted by Gasteiger charge is -1.76. The van der Waals surface area contributed by atoms with Gasteiger partial charge in [0.15, 0.2) is 0 Å². The molecule has 0 spiro atoms. The standard InChI is InChI=1S/C10H10N2/c1-2-4-6-8-10-12-11-9-7-5-3-1/h1-10H/b2-1?,3-1?,4-2?,5-3+,6-4?,7-5?,8-6?,9-7+,10-8-,11-9?,12-10?,12-11+. The van der Waals surface area contributed by atoms with Crippen LogP contribution in [0.4, 0.5) is 0 Å². The van der Waals surface area contributed by atoms with Crippen LogP contribution in [0.3, 0.4) is 0 Å². The predicted molar refractivity (Wildman–Crippen MR) is 50.6 cm³/mol. The molecule has 1 rings (SSSR count). The van der Waals surface area contributed by atoms with Crippen molar-refractivity contribution in [2.45, 2.75) is 0 Å². The van der Waals surface area contributed by atoms with Gasteiger partial charge in [-0.3, -0.25) is 0 Å². The molecule has 0 bridgehead atoms. The van der Waals surface area contributed by atoms with Crippen LogP contribution in [-0.2, 0) is 0 Å². The average molecular weight is 158 g/mol. The summed E-state index contributed by atoms with van der Waals surface area (Å²) >= 11 is 0. The van der Waals surface area contributed by atoms with Gasteiger partial charge in [0.2, 0.25) is 0 Å². The van der Waals surface area contributed by atoms with E-state index < -0.39 is 0 Å². The number of hydrogen-bond acceptors (Lipinski definition) is 2. The lowest BCUT2D eigenvalue weighted by molar-refractivity contribution is 1.22. The van der Waals surface area contributed by atoms with E-state index in [2.05, 4.69) is 10.2 Å². The molecule has 0 aromatic heterocycles. The van der Waals surface area contributed by atoms with Crippen molar-refractivity contribution in [2.75, 3.05) is 0 Å². The van der Waals surface area contributed by atoms with E-state index in [4.69, 9.17) is 0 Å². The third-order valence-corrected chi connectivity index (χ3v) is 1.15. The van der Waals surface area contributed by atoms with E-state index in [0.29, 0.717) is 0 Å². The van der Waals surface area contributed by atoms with Crippen LogP contribution >= 0.6 is 0 Å². The van der Waals surface area contributed by atoms with Gasteiger partial charge in [0.25, 0.3) is 0 Å². The van der Waals surface area contributed by atoms with Crippen molar-refractivity contribution in [2.24, 2.45) is 10.2 Å². The molecule has 0 unspecified atom stereocenters. The summed E-state index contributed by atoms with van der Waals surface area (Å²) in [5, 5.41) is 7.51. The number of nitrogens with zero attached hydrogens (tertiary/aromatic N) is 2. The highest BCUT2D eigenvalue weighted by molar-refractivity contribution is 5.17. The number of allylic oxidation sites excluding steroid dienone is 8. The van der Waals surface area contributed by atoms with Gasteiger partial charge in [-0.1, -0.05) is 36.5 Å². The van der Waals surface area contributed by atoms with E-state index in [-0.39, 0.29) is 0 Å². The molecule has 1 aliphatic rings. The quantitative estimate of drug-likeness (QED) is 0.517. The molecule has 2 nitrogen and oxygen atoms in total. The molecule has 1 aliphatic heterocycles. The Bertz CT molecular complexity index is 177. The molecule has 2 heteroatoms. The third kappa shape index (κ3) is 4.17. The summed E-state index contributed by atoms with van der Waals surface area (Å²) < 4.78 is 0. The molecule has 1 heterocycles. The van der Waals surface area contributed by atoms with Gasteiger partial charge in [0, 0.05) is 12.4 Å². The van der Waals surface area contributed by atoms with Crippen LogP contribution in [-0.4, -0.2) is 0 Å². The van der Waals surface area contributed by atoms with Gasteiger partial charge in [0.05, 0.1) is 0 Å².